The number of hydrogen-bond donors (Lipinski definition) is 0. The molecule has 1 atom stereocenters. The van der Waals surface area contributed by atoms with Crippen LogP contribution in [0.4, 0.5) is 0 Å². The highest BCUT2D eigenvalue weighted by Crippen LogP contribution is 2.16. The topological polar surface area (TPSA) is 6.48 Å². The summed E-state index contributed by atoms with van der Waals surface area (Å²) >= 11 is 0. The van der Waals surface area contributed by atoms with Crippen LogP contribution in [0.5, 0.6) is 0 Å². The summed E-state index contributed by atoms with van der Waals surface area (Å²) < 4.78 is 0. The van der Waals surface area contributed by atoms with Crippen molar-refractivity contribution in [2.24, 2.45) is 5.92 Å². The van der Waals surface area contributed by atoms with Crippen molar-refractivity contribution in [2.75, 3.05) is 39.3 Å². The number of nitrogens with zero attached hydrogens (tertiary/aromatic N) is 2. The molecule has 2 aliphatic heterocycles. The molecule has 2 fully saturated rings. The molecule has 0 amide bonds. The molecule has 2 aliphatic rings. The second-order valence-corrected chi connectivity index (χ2v) is 7.23. The van der Waals surface area contributed by atoms with Gasteiger partial charge in [-0.3, -0.25) is 9.80 Å². The van der Waals surface area contributed by atoms with Crippen LogP contribution < -0.4 is 0 Å². The van der Waals surface area contributed by atoms with Gasteiger partial charge in [0.15, 0.2) is 0 Å². The highest BCUT2D eigenvalue weighted by Gasteiger charge is 2.11. The standard InChI is InChI=1S/C19H36N2/c1-19-11-5-8-15-21(18-12-19)17-10-9-16-20-13-6-3-2-4-7-14-20/h9-10,19H,2-8,11-18H2,1H3. The van der Waals surface area contributed by atoms with Crippen LogP contribution in [-0.2, 0) is 0 Å². The van der Waals surface area contributed by atoms with Gasteiger partial charge in [0.2, 0.25) is 0 Å². The zero-order valence-electron chi connectivity index (χ0n) is 14.2. The lowest BCUT2D eigenvalue weighted by molar-refractivity contribution is 0.243. The second-order valence-electron chi connectivity index (χ2n) is 7.23. The molecule has 0 aromatic rings. The van der Waals surface area contributed by atoms with Gasteiger partial charge in [0.25, 0.3) is 0 Å². The van der Waals surface area contributed by atoms with Crippen LogP contribution in [0.15, 0.2) is 12.2 Å². The third kappa shape index (κ3) is 7.46. The molecule has 2 rings (SSSR count). The Hall–Kier alpha value is -0.340. The lowest BCUT2D eigenvalue weighted by atomic mass is 9.98. The van der Waals surface area contributed by atoms with Crippen LogP contribution in [-0.4, -0.2) is 49.1 Å². The van der Waals surface area contributed by atoms with Crippen molar-refractivity contribution >= 4 is 0 Å². The van der Waals surface area contributed by atoms with Crippen molar-refractivity contribution in [3.05, 3.63) is 12.2 Å². The van der Waals surface area contributed by atoms with Crippen molar-refractivity contribution in [1.29, 1.82) is 0 Å². The van der Waals surface area contributed by atoms with Crippen LogP contribution in [0.1, 0.15) is 64.7 Å². The minimum Gasteiger partial charge on any atom is -0.300 e. The van der Waals surface area contributed by atoms with Gasteiger partial charge in [-0.2, -0.15) is 0 Å². The van der Waals surface area contributed by atoms with Crippen molar-refractivity contribution < 1.29 is 0 Å². The molecule has 2 nitrogen and oxygen atoms in total. The van der Waals surface area contributed by atoms with Crippen molar-refractivity contribution in [1.82, 2.24) is 9.80 Å². The summed E-state index contributed by atoms with van der Waals surface area (Å²) in [7, 11) is 0. The molecule has 2 saturated heterocycles. The molecular weight excluding hydrogens is 256 g/mol. The first kappa shape index (κ1) is 17.0. The Bertz CT molecular complexity index is 279. The van der Waals surface area contributed by atoms with Gasteiger partial charge < -0.3 is 0 Å². The minimum absolute atomic E-state index is 0.929. The summed E-state index contributed by atoms with van der Waals surface area (Å²) in [5, 5.41) is 0. The van der Waals surface area contributed by atoms with E-state index < -0.39 is 0 Å². The Morgan fingerprint density at radius 2 is 1.19 bits per heavy atom. The maximum atomic E-state index is 2.65. The predicted octanol–water partition coefficient (Wildman–Crippen LogP) is 4.32. The summed E-state index contributed by atoms with van der Waals surface area (Å²) in [4.78, 5) is 5.30. The Morgan fingerprint density at radius 1 is 0.667 bits per heavy atom. The molecule has 0 aliphatic carbocycles. The molecule has 0 saturated carbocycles. The molecule has 0 spiro atoms. The van der Waals surface area contributed by atoms with E-state index in [9.17, 15) is 0 Å². The van der Waals surface area contributed by atoms with Gasteiger partial charge in [-0.05, 0) is 57.8 Å². The molecule has 0 radical (unpaired) electrons. The second kappa shape index (κ2) is 10.4. The maximum Gasteiger partial charge on any atom is 0.0163 e. The van der Waals surface area contributed by atoms with E-state index >= 15 is 0 Å². The largest absolute Gasteiger partial charge is 0.300 e. The summed E-state index contributed by atoms with van der Waals surface area (Å²) in [5.41, 5.74) is 0. The number of rotatable bonds is 4. The maximum absolute atomic E-state index is 2.65. The van der Waals surface area contributed by atoms with Crippen molar-refractivity contribution in [3.63, 3.8) is 0 Å². The van der Waals surface area contributed by atoms with E-state index in [1.165, 1.54) is 97.1 Å². The van der Waals surface area contributed by atoms with Crippen LogP contribution in [0.3, 0.4) is 0 Å². The Morgan fingerprint density at radius 3 is 1.86 bits per heavy atom. The Balaban J connectivity index is 1.63. The minimum atomic E-state index is 0.929. The van der Waals surface area contributed by atoms with Gasteiger partial charge in [0.05, 0.1) is 0 Å². The molecule has 2 heteroatoms. The molecular formula is C19H36N2. The molecule has 21 heavy (non-hydrogen) atoms. The highest BCUT2D eigenvalue weighted by molar-refractivity contribution is 4.88. The molecule has 0 aromatic carbocycles. The molecule has 0 bridgehead atoms. The fourth-order valence-electron chi connectivity index (χ4n) is 3.61. The third-order valence-electron chi connectivity index (χ3n) is 5.20. The van der Waals surface area contributed by atoms with Gasteiger partial charge >= 0.3 is 0 Å². The van der Waals surface area contributed by atoms with E-state index in [-0.39, 0.29) is 0 Å². The van der Waals surface area contributed by atoms with E-state index in [2.05, 4.69) is 28.9 Å². The molecule has 0 N–H and O–H groups in total. The molecule has 2 heterocycles. The monoisotopic (exact) mass is 292 g/mol. The van der Waals surface area contributed by atoms with E-state index in [1.54, 1.807) is 0 Å². The van der Waals surface area contributed by atoms with Gasteiger partial charge in [0, 0.05) is 13.1 Å². The Labute approximate surface area is 132 Å². The smallest absolute Gasteiger partial charge is 0.0163 e. The van der Waals surface area contributed by atoms with Crippen LogP contribution in [0, 0.1) is 5.92 Å². The molecule has 0 aromatic heterocycles. The predicted molar refractivity (Wildman–Crippen MR) is 92.7 cm³/mol. The first-order valence-corrected chi connectivity index (χ1v) is 9.44. The Kier molecular flexibility index (Phi) is 8.43. The first-order valence-electron chi connectivity index (χ1n) is 9.44. The number of likely N-dealkylation sites (tertiary alicyclic amines) is 2. The highest BCUT2D eigenvalue weighted by atomic mass is 15.1. The van der Waals surface area contributed by atoms with E-state index in [0.29, 0.717) is 0 Å². The third-order valence-corrected chi connectivity index (χ3v) is 5.20. The summed E-state index contributed by atoms with van der Waals surface area (Å²) in [6.07, 6.45) is 17.6. The van der Waals surface area contributed by atoms with Crippen LogP contribution in [0.2, 0.25) is 0 Å². The quantitative estimate of drug-likeness (QED) is 0.712. The average Bonchev–Trinajstić information content (AvgIpc) is 2.43. The normalized spacial score (nSPS) is 28.0. The zero-order chi connectivity index (χ0) is 14.8. The van der Waals surface area contributed by atoms with E-state index in [0.717, 1.165) is 5.92 Å². The first-order chi connectivity index (χ1) is 10.3. The zero-order valence-corrected chi connectivity index (χ0v) is 14.2. The summed E-state index contributed by atoms with van der Waals surface area (Å²) in [5.74, 6) is 0.929. The summed E-state index contributed by atoms with van der Waals surface area (Å²) in [6, 6.07) is 0. The van der Waals surface area contributed by atoms with Gasteiger partial charge in [-0.15, -0.1) is 0 Å². The van der Waals surface area contributed by atoms with E-state index in [4.69, 9.17) is 0 Å². The molecule has 122 valence electrons. The van der Waals surface area contributed by atoms with Crippen LogP contribution in [0.25, 0.3) is 0 Å². The van der Waals surface area contributed by atoms with Gasteiger partial charge in [-0.1, -0.05) is 51.2 Å². The average molecular weight is 293 g/mol. The van der Waals surface area contributed by atoms with Crippen LogP contribution >= 0.6 is 0 Å². The van der Waals surface area contributed by atoms with Crippen molar-refractivity contribution in [2.45, 2.75) is 64.7 Å². The van der Waals surface area contributed by atoms with Crippen molar-refractivity contribution in [3.8, 4) is 0 Å². The van der Waals surface area contributed by atoms with E-state index in [1.807, 2.05) is 0 Å². The summed E-state index contributed by atoms with van der Waals surface area (Å²) in [6.45, 7) is 9.99. The fourth-order valence-corrected chi connectivity index (χ4v) is 3.61. The molecule has 1 unspecified atom stereocenters. The lowest BCUT2D eigenvalue weighted by Crippen LogP contribution is -2.30. The SMILES string of the molecule is CC1CCCCN(CC=CCN2CCCCCCC2)CC1. The lowest BCUT2D eigenvalue weighted by Gasteiger charge is -2.26. The van der Waals surface area contributed by atoms with Gasteiger partial charge in [0.1, 0.15) is 0 Å². The number of hydrogen-bond acceptors (Lipinski definition) is 2. The van der Waals surface area contributed by atoms with Gasteiger partial charge in [-0.25, -0.2) is 0 Å². The fraction of sp³-hybridized carbons (Fsp3) is 0.895.